The van der Waals surface area contributed by atoms with Crippen LogP contribution in [-0.2, 0) is 25.9 Å². The van der Waals surface area contributed by atoms with Crippen molar-refractivity contribution in [2.24, 2.45) is 10.8 Å². The summed E-state index contributed by atoms with van der Waals surface area (Å²) in [4.78, 5) is 2.56. The number of aliphatic hydroxyl groups is 2. The second-order valence-electron chi connectivity index (χ2n) is 13.3. The second-order valence-corrected chi connectivity index (χ2v) is 17.3. The first-order chi connectivity index (χ1) is 19.3. The Labute approximate surface area is 276 Å². The van der Waals surface area contributed by atoms with Gasteiger partial charge in [0.15, 0.2) is 0 Å². The molecule has 2 aromatic heterocycles. The third-order valence-corrected chi connectivity index (χ3v) is 12.2. The average molecular weight is 671 g/mol. The van der Waals surface area contributed by atoms with Crippen LogP contribution in [-0.4, -0.2) is 43.1 Å². The molecule has 0 fully saturated rings. The minimum Gasteiger partial charge on any atom is -0.393 e. The van der Waals surface area contributed by atoms with Crippen molar-refractivity contribution in [1.82, 2.24) is 9.13 Å². The lowest BCUT2D eigenvalue weighted by Crippen LogP contribution is -2.27. The zero-order chi connectivity index (χ0) is 29.9. The molecular weight excluding hydrogens is 625 g/mol. The molecule has 41 heavy (non-hydrogen) atoms. The van der Waals surface area contributed by atoms with E-state index in [1.54, 1.807) is 0 Å². The summed E-state index contributed by atoms with van der Waals surface area (Å²) in [6.45, 7) is 10.5. The molecule has 2 aliphatic rings. The van der Waals surface area contributed by atoms with Crippen molar-refractivity contribution in [2.45, 2.75) is 131 Å². The van der Waals surface area contributed by atoms with E-state index in [0.29, 0.717) is 12.8 Å². The Hall–Kier alpha value is 0.0600. The monoisotopic (exact) mass is 670 g/mol. The van der Waals surface area contributed by atoms with Crippen molar-refractivity contribution in [1.29, 1.82) is 0 Å². The fraction of sp³-hybridized carbons (Fsp3) is 0.677. The Balaban J connectivity index is 1.18. The topological polar surface area (TPSA) is 50.3 Å². The molecule has 2 unspecified atom stereocenters. The molecule has 2 atom stereocenters. The molecule has 4 nitrogen and oxygen atoms in total. The summed E-state index contributed by atoms with van der Waals surface area (Å²) in [6, 6.07) is 4.24. The molecule has 2 N–H and O–H groups in total. The van der Waals surface area contributed by atoms with Crippen LogP contribution in [0.1, 0.15) is 83.8 Å². The van der Waals surface area contributed by atoms with Crippen LogP contribution in [0.4, 0.5) is 0 Å². The number of pyridine rings is 2. The molecule has 4 rings (SSSR count). The van der Waals surface area contributed by atoms with Crippen LogP contribution < -0.4 is 0 Å². The maximum Gasteiger partial charge on any atom is 0.107 e. The average Bonchev–Trinajstić information content (AvgIpc) is 3.53. The van der Waals surface area contributed by atoms with Gasteiger partial charge in [-0.05, 0) is 85.5 Å². The van der Waals surface area contributed by atoms with Gasteiger partial charge < -0.3 is 19.3 Å². The van der Waals surface area contributed by atoms with Crippen LogP contribution in [0.15, 0.2) is 32.0 Å². The van der Waals surface area contributed by atoms with E-state index < -0.39 is 6.10 Å². The number of thioether (sulfide) groups is 2. The quantitative estimate of drug-likeness (QED) is 0.119. The third-order valence-electron chi connectivity index (χ3n) is 8.33. The maximum absolute atomic E-state index is 10.8. The zero-order valence-electron chi connectivity index (χ0n) is 24.8. The van der Waals surface area contributed by atoms with E-state index in [1.165, 1.54) is 20.9 Å². The standard InChI is InChI=1S/C31H46N2O2S6/c1-30(2,18-32-26(36)15-24-22(28(32)38)10-13-40-24)12-6-9-20(34)7-5-8-21(35)17-31(3,4)19-33-27(37)16-25-23(29(33)39)11-14-41-25/h15-16,20-21,34-35,38-39H,5-14,17-19H2,1-4H3. The fourth-order valence-corrected chi connectivity index (χ4v) is 10.2. The van der Waals surface area contributed by atoms with Crippen molar-refractivity contribution in [2.75, 3.05) is 11.5 Å². The Kier molecular flexibility index (Phi) is 12.0. The highest BCUT2D eigenvalue weighted by Gasteiger charge is 2.27. The van der Waals surface area contributed by atoms with E-state index in [-0.39, 0.29) is 16.9 Å². The molecule has 0 bridgehead atoms. The molecule has 10 heteroatoms. The van der Waals surface area contributed by atoms with Crippen molar-refractivity contribution in [3.05, 3.63) is 32.5 Å². The van der Waals surface area contributed by atoms with E-state index >= 15 is 0 Å². The molecule has 0 saturated carbocycles. The van der Waals surface area contributed by atoms with Gasteiger partial charge in [-0.3, -0.25) is 0 Å². The van der Waals surface area contributed by atoms with Gasteiger partial charge in [-0.25, -0.2) is 0 Å². The first kappa shape index (κ1) is 33.9. The van der Waals surface area contributed by atoms with Gasteiger partial charge >= 0.3 is 0 Å². The number of aliphatic hydroxyl groups excluding tert-OH is 2. The van der Waals surface area contributed by atoms with E-state index in [2.05, 4.69) is 49.0 Å². The molecule has 0 radical (unpaired) electrons. The highest BCUT2D eigenvalue weighted by Crippen LogP contribution is 2.38. The summed E-state index contributed by atoms with van der Waals surface area (Å²) in [5.74, 6) is 2.20. The number of fused-ring (bicyclic) bond motifs is 2. The number of nitrogens with zero attached hydrogens (tertiary/aromatic N) is 2. The van der Waals surface area contributed by atoms with Crippen LogP contribution in [0.25, 0.3) is 0 Å². The molecule has 2 aliphatic heterocycles. The summed E-state index contributed by atoms with van der Waals surface area (Å²) < 4.78 is 6.00. The van der Waals surface area contributed by atoms with Gasteiger partial charge in [0.2, 0.25) is 0 Å². The molecule has 0 spiro atoms. The van der Waals surface area contributed by atoms with Crippen LogP contribution in [0.5, 0.6) is 0 Å². The molecule has 2 aromatic rings. The number of aromatic nitrogens is 2. The third kappa shape index (κ3) is 9.05. The second kappa shape index (κ2) is 14.4. The van der Waals surface area contributed by atoms with Gasteiger partial charge in [0, 0.05) is 34.4 Å². The Morgan fingerprint density at radius 1 is 0.780 bits per heavy atom. The lowest BCUT2D eigenvalue weighted by atomic mass is 9.84. The summed E-state index contributed by atoms with van der Waals surface area (Å²) in [5.41, 5.74) is 2.58. The molecule has 228 valence electrons. The Bertz CT molecular complexity index is 1350. The number of hydrogen-bond acceptors (Lipinski definition) is 8. The minimum absolute atomic E-state index is 0.0602. The van der Waals surface area contributed by atoms with Crippen molar-refractivity contribution < 1.29 is 10.2 Å². The predicted molar refractivity (Wildman–Crippen MR) is 186 cm³/mol. The van der Waals surface area contributed by atoms with E-state index in [4.69, 9.17) is 49.7 Å². The SMILES string of the molecule is CC(C)(CCCC(O)CCCC(O)CC(C)(C)Cn1c(S)c2c(cc1=S)SCC2)Cn1c(S)c2c(cc1=S)SCC2. The van der Waals surface area contributed by atoms with Gasteiger partial charge in [0.1, 0.15) is 9.28 Å². The first-order valence-electron chi connectivity index (χ1n) is 14.8. The molecule has 0 aliphatic carbocycles. The summed E-state index contributed by atoms with van der Waals surface area (Å²) in [6.07, 6.45) is 7.06. The largest absolute Gasteiger partial charge is 0.393 e. The highest BCUT2D eigenvalue weighted by atomic mass is 32.2. The van der Waals surface area contributed by atoms with Gasteiger partial charge in [-0.15, -0.1) is 48.8 Å². The van der Waals surface area contributed by atoms with Crippen LogP contribution >= 0.6 is 73.2 Å². The summed E-state index contributed by atoms with van der Waals surface area (Å²) in [7, 11) is 0. The van der Waals surface area contributed by atoms with Crippen molar-refractivity contribution in [3.63, 3.8) is 0 Å². The maximum atomic E-state index is 10.8. The molecule has 0 aromatic carbocycles. The van der Waals surface area contributed by atoms with Crippen LogP contribution in [0.3, 0.4) is 0 Å². The van der Waals surface area contributed by atoms with Gasteiger partial charge in [0.25, 0.3) is 0 Å². The van der Waals surface area contributed by atoms with Gasteiger partial charge in [-0.1, -0.05) is 58.6 Å². The molecule has 0 amide bonds. The number of thiol groups is 2. The van der Waals surface area contributed by atoms with E-state index in [9.17, 15) is 10.2 Å². The minimum atomic E-state index is -0.399. The van der Waals surface area contributed by atoms with Crippen molar-refractivity contribution >= 4 is 73.2 Å². The van der Waals surface area contributed by atoms with Crippen LogP contribution in [0, 0.1) is 20.1 Å². The van der Waals surface area contributed by atoms with Gasteiger partial charge in [0.05, 0.1) is 22.3 Å². The lowest BCUT2D eigenvalue weighted by Gasteiger charge is -2.30. The summed E-state index contributed by atoms with van der Waals surface area (Å²) in [5, 5.41) is 23.5. The lowest BCUT2D eigenvalue weighted by molar-refractivity contribution is 0.0850. The number of hydrogen-bond donors (Lipinski definition) is 4. The van der Waals surface area contributed by atoms with E-state index in [1.807, 2.05) is 23.5 Å². The Morgan fingerprint density at radius 3 is 1.78 bits per heavy atom. The molecule has 4 heterocycles. The smallest absolute Gasteiger partial charge is 0.107 e. The highest BCUT2D eigenvalue weighted by molar-refractivity contribution is 8.00. The first-order valence-corrected chi connectivity index (χ1v) is 18.5. The summed E-state index contributed by atoms with van der Waals surface area (Å²) >= 11 is 24.8. The van der Waals surface area contributed by atoms with Gasteiger partial charge in [-0.2, -0.15) is 0 Å². The van der Waals surface area contributed by atoms with Crippen LogP contribution in [0.2, 0.25) is 0 Å². The molecular formula is C31H46N2O2S6. The zero-order valence-corrected chi connectivity index (χ0v) is 29.9. The van der Waals surface area contributed by atoms with E-state index in [0.717, 1.165) is 88.9 Å². The van der Waals surface area contributed by atoms with Crippen molar-refractivity contribution in [3.8, 4) is 0 Å². The predicted octanol–water partition coefficient (Wildman–Crippen LogP) is 8.83. The Morgan fingerprint density at radius 2 is 1.24 bits per heavy atom. The molecule has 0 saturated heterocycles. The normalized spacial score (nSPS) is 16.6. The fourth-order valence-electron chi connectivity index (χ4n) is 6.16. The number of rotatable bonds is 14.